The van der Waals surface area contributed by atoms with Crippen molar-refractivity contribution in [2.75, 3.05) is 13.1 Å². The van der Waals surface area contributed by atoms with Gasteiger partial charge in [0.05, 0.1) is 5.92 Å². The molecule has 1 aromatic heterocycles. The third-order valence-electron chi connectivity index (χ3n) is 3.74. The molecule has 116 valence electrons. The molecule has 6 nitrogen and oxygen atoms in total. The summed E-state index contributed by atoms with van der Waals surface area (Å²) < 4.78 is 19.1. The second-order valence-electron chi connectivity index (χ2n) is 5.32. The quantitative estimate of drug-likeness (QED) is 0.891. The summed E-state index contributed by atoms with van der Waals surface area (Å²) in [4.78, 5) is 16.5. The molecule has 22 heavy (non-hydrogen) atoms. The molecule has 0 saturated carbocycles. The highest BCUT2D eigenvalue weighted by Gasteiger charge is 2.29. The zero-order valence-electron chi connectivity index (χ0n) is 12.2. The van der Waals surface area contributed by atoms with Crippen LogP contribution >= 0.6 is 0 Å². The highest BCUT2D eigenvalue weighted by molar-refractivity contribution is 5.80. The van der Waals surface area contributed by atoms with Gasteiger partial charge < -0.3 is 15.2 Å². The van der Waals surface area contributed by atoms with Crippen molar-refractivity contribution >= 4 is 5.91 Å². The number of carbonyl (C=O) groups is 1. The average Bonchev–Trinajstić information content (AvgIpc) is 3.17. The van der Waals surface area contributed by atoms with E-state index in [1.165, 1.54) is 6.07 Å². The van der Waals surface area contributed by atoms with Crippen LogP contribution in [0.4, 0.5) is 4.39 Å². The van der Waals surface area contributed by atoms with Gasteiger partial charge >= 0.3 is 0 Å². The minimum Gasteiger partial charge on any atom is -0.341 e. The maximum atomic E-state index is 14.1. The maximum Gasteiger partial charge on any atom is 0.225 e. The van der Waals surface area contributed by atoms with Crippen LogP contribution in [-0.4, -0.2) is 29.1 Å². The average molecular weight is 304 g/mol. The number of hydrogen-bond acceptors (Lipinski definition) is 5. The largest absolute Gasteiger partial charge is 0.341 e. The highest BCUT2D eigenvalue weighted by atomic mass is 19.1. The Morgan fingerprint density at radius 1 is 1.50 bits per heavy atom. The Morgan fingerprint density at radius 3 is 2.95 bits per heavy atom. The zero-order chi connectivity index (χ0) is 15.5. The number of hydrogen-bond donors (Lipinski definition) is 2. The van der Waals surface area contributed by atoms with Crippen LogP contribution in [0.15, 0.2) is 28.8 Å². The van der Waals surface area contributed by atoms with Crippen molar-refractivity contribution in [3.05, 3.63) is 47.4 Å². The van der Waals surface area contributed by atoms with Crippen molar-refractivity contribution in [1.29, 1.82) is 0 Å². The van der Waals surface area contributed by atoms with Gasteiger partial charge in [-0.15, -0.1) is 0 Å². The summed E-state index contributed by atoms with van der Waals surface area (Å²) in [6, 6.07) is 5.51. The minimum atomic E-state index is -0.758. The van der Waals surface area contributed by atoms with E-state index in [1.54, 1.807) is 25.1 Å². The highest BCUT2D eigenvalue weighted by Crippen LogP contribution is 2.23. The van der Waals surface area contributed by atoms with Crippen LogP contribution < -0.4 is 10.6 Å². The van der Waals surface area contributed by atoms with Crippen molar-refractivity contribution in [2.24, 2.45) is 5.92 Å². The molecule has 1 aliphatic rings. The third kappa shape index (κ3) is 2.99. The first kappa shape index (κ1) is 14.6. The Morgan fingerprint density at radius 2 is 2.32 bits per heavy atom. The molecule has 1 aliphatic heterocycles. The van der Waals surface area contributed by atoms with Crippen LogP contribution in [0.3, 0.4) is 0 Å². The molecule has 0 radical (unpaired) electrons. The lowest BCUT2D eigenvalue weighted by atomic mass is 10.0. The number of rotatable bonds is 4. The van der Waals surface area contributed by atoms with E-state index >= 15 is 0 Å². The first-order chi connectivity index (χ1) is 10.6. The molecule has 1 fully saturated rings. The predicted molar refractivity (Wildman–Crippen MR) is 76.4 cm³/mol. The summed E-state index contributed by atoms with van der Waals surface area (Å²) in [6.07, 6.45) is 0.765. The maximum absolute atomic E-state index is 14.1. The molecule has 0 bridgehead atoms. The smallest absolute Gasteiger partial charge is 0.225 e. The van der Waals surface area contributed by atoms with E-state index in [0.717, 1.165) is 13.0 Å². The molecule has 3 rings (SSSR count). The molecule has 2 atom stereocenters. The number of carbonyl (C=O) groups excluding carboxylic acids is 1. The molecule has 7 heteroatoms. The van der Waals surface area contributed by atoms with Gasteiger partial charge in [0.15, 0.2) is 5.82 Å². The van der Waals surface area contributed by atoms with Gasteiger partial charge in [-0.3, -0.25) is 4.79 Å². The van der Waals surface area contributed by atoms with E-state index in [-0.39, 0.29) is 17.6 Å². The van der Waals surface area contributed by atoms with Gasteiger partial charge in [-0.2, -0.15) is 4.98 Å². The van der Waals surface area contributed by atoms with E-state index < -0.39 is 11.9 Å². The van der Waals surface area contributed by atoms with Crippen LogP contribution in [0.5, 0.6) is 0 Å². The van der Waals surface area contributed by atoms with E-state index in [4.69, 9.17) is 4.52 Å². The monoisotopic (exact) mass is 304 g/mol. The molecule has 2 unspecified atom stereocenters. The number of aryl methyl sites for hydroxylation is 1. The first-order valence-electron chi connectivity index (χ1n) is 7.21. The van der Waals surface area contributed by atoms with Crippen LogP contribution in [-0.2, 0) is 4.79 Å². The van der Waals surface area contributed by atoms with E-state index in [1.807, 2.05) is 0 Å². The Labute approximate surface area is 127 Å². The summed E-state index contributed by atoms with van der Waals surface area (Å²) in [5, 5.41) is 9.81. The lowest BCUT2D eigenvalue weighted by molar-refractivity contribution is -0.125. The first-order valence-corrected chi connectivity index (χ1v) is 7.21. The van der Waals surface area contributed by atoms with Gasteiger partial charge in [0.25, 0.3) is 0 Å². The summed E-state index contributed by atoms with van der Waals surface area (Å²) >= 11 is 0. The van der Waals surface area contributed by atoms with Gasteiger partial charge in [0, 0.05) is 19.0 Å². The van der Waals surface area contributed by atoms with Crippen LogP contribution in [0.1, 0.15) is 29.7 Å². The zero-order valence-corrected chi connectivity index (χ0v) is 12.2. The number of benzene rings is 1. The van der Waals surface area contributed by atoms with Crippen molar-refractivity contribution < 1.29 is 13.7 Å². The lowest BCUT2D eigenvalue weighted by Crippen LogP contribution is -2.36. The van der Waals surface area contributed by atoms with Crippen molar-refractivity contribution in [3.8, 4) is 0 Å². The number of halogens is 1. The van der Waals surface area contributed by atoms with Gasteiger partial charge in [-0.1, -0.05) is 23.4 Å². The predicted octanol–water partition coefficient (Wildman–Crippen LogP) is 1.33. The summed E-state index contributed by atoms with van der Waals surface area (Å²) in [5.41, 5.74) is 0.322. The fraction of sp³-hybridized carbons (Fsp3) is 0.400. The second kappa shape index (κ2) is 6.23. The molecular weight excluding hydrogens is 287 g/mol. The Kier molecular flexibility index (Phi) is 4.15. The van der Waals surface area contributed by atoms with Gasteiger partial charge in [0.1, 0.15) is 11.9 Å². The van der Waals surface area contributed by atoms with Crippen molar-refractivity contribution in [2.45, 2.75) is 19.4 Å². The topological polar surface area (TPSA) is 80.0 Å². The number of amides is 1. The van der Waals surface area contributed by atoms with E-state index in [0.29, 0.717) is 18.0 Å². The molecule has 1 aromatic carbocycles. The molecular formula is C15H17FN4O2. The van der Waals surface area contributed by atoms with Crippen LogP contribution in [0.25, 0.3) is 0 Å². The molecule has 2 N–H and O–H groups in total. The normalized spacial score (nSPS) is 19.1. The summed E-state index contributed by atoms with van der Waals surface area (Å²) in [7, 11) is 0. The number of nitrogens with one attached hydrogen (secondary N) is 2. The summed E-state index contributed by atoms with van der Waals surface area (Å²) in [5.74, 6) is -0.0576. The molecule has 2 heterocycles. The third-order valence-corrected chi connectivity index (χ3v) is 3.74. The fourth-order valence-electron chi connectivity index (χ4n) is 2.56. The Bertz CT molecular complexity index is 667. The Balaban J connectivity index is 1.89. The number of aromatic nitrogens is 2. The van der Waals surface area contributed by atoms with Crippen LogP contribution in [0, 0.1) is 18.7 Å². The van der Waals surface area contributed by atoms with E-state index in [2.05, 4.69) is 20.8 Å². The van der Waals surface area contributed by atoms with Crippen LogP contribution in [0.2, 0.25) is 0 Å². The number of nitrogens with zero attached hydrogens (tertiary/aromatic N) is 2. The standard InChI is InChI=1S/C15H17FN4O2/c1-9-18-14(20-22-9)13(11-4-2-3-5-12(11)16)19-15(21)10-6-7-17-8-10/h2-5,10,13,17H,6-8H2,1H3,(H,19,21). The van der Waals surface area contributed by atoms with Crippen molar-refractivity contribution in [1.82, 2.24) is 20.8 Å². The molecule has 1 saturated heterocycles. The van der Waals surface area contributed by atoms with Gasteiger partial charge in [0.2, 0.25) is 11.8 Å². The lowest BCUT2D eigenvalue weighted by Gasteiger charge is -2.18. The van der Waals surface area contributed by atoms with E-state index in [9.17, 15) is 9.18 Å². The van der Waals surface area contributed by atoms with Gasteiger partial charge in [-0.05, 0) is 19.0 Å². The van der Waals surface area contributed by atoms with Crippen molar-refractivity contribution in [3.63, 3.8) is 0 Å². The molecule has 2 aromatic rings. The molecule has 1 amide bonds. The second-order valence-corrected chi connectivity index (χ2v) is 5.32. The fourth-order valence-corrected chi connectivity index (χ4v) is 2.56. The van der Waals surface area contributed by atoms with Gasteiger partial charge in [-0.25, -0.2) is 4.39 Å². The molecule has 0 aliphatic carbocycles. The Hall–Kier alpha value is -2.28. The molecule has 0 spiro atoms. The minimum absolute atomic E-state index is 0.123. The summed E-state index contributed by atoms with van der Waals surface area (Å²) in [6.45, 7) is 3.09. The SMILES string of the molecule is Cc1nc(C(NC(=O)C2CCNC2)c2ccccc2F)no1.